The first-order valence-corrected chi connectivity index (χ1v) is 7.06. The van der Waals surface area contributed by atoms with Gasteiger partial charge >= 0.3 is 0 Å². The molecule has 0 bridgehead atoms. The highest BCUT2D eigenvalue weighted by Crippen LogP contribution is 2.19. The van der Waals surface area contributed by atoms with Crippen LogP contribution in [0.5, 0.6) is 0 Å². The Morgan fingerprint density at radius 3 is 2.50 bits per heavy atom. The second-order valence-electron chi connectivity index (χ2n) is 3.25. The quantitative estimate of drug-likeness (QED) is 0.809. The third-order valence-electron chi connectivity index (χ3n) is 1.76. The Balaban J connectivity index is 2.80. The lowest BCUT2D eigenvalue weighted by Crippen LogP contribution is -2.26. The van der Waals surface area contributed by atoms with Crippen molar-refractivity contribution < 1.29 is 8.42 Å². The van der Waals surface area contributed by atoms with Gasteiger partial charge in [-0.05, 0) is 11.6 Å². The fraction of sp³-hybridized carbons (Fsp3) is 0.571. The fourth-order valence-electron chi connectivity index (χ4n) is 0.937. The molecule has 0 fully saturated rings. The van der Waals surface area contributed by atoms with E-state index in [2.05, 4.69) is 15.2 Å². The van der Waals surface area contributed by atoms with Gasteiger partial charge in [-0.1, -0.05) is 11.6 Å². The number of nitrogens with zero attached hydrogens (tertiary/aromatic N) is 4. The van der Waals surface area contributed by atoms with E-state index in [-0.39, 0.29) is 22.7 Å². The van der Waals surface area contributed by atoms with Gasteiger partial charge < -0.3 is 4.90 Å². The molecule has 0 aliphatic carbocycles. The van der Waals surface area contributed by atoms with Crippen molar-refractivity contribution in [2.45, 2.75) is 0 Å². The molecule has 0 amide bonds. The van der Waals surface area contributed by atoms with E-state index in [0.717, 1.165) is 6.26 Å². The van der Waals surface area contributed by atoms with Crippen LogP contribution in [0.1, 0.15) is 0 Å². The monoisotopic (exact) mass is 284 g/mol. The van der Waals surface area contributed by atoms with E-state index in [9.17, 15) is 8.42 Å². The first kappa shape index (κ1) is 13.4. The molecular formula is C7H10Cl2N4O2S. The summed E-state index contributed by atoms with van der Waals surface area (Å²) >= 11 is 11.3. The van der Waals surface area contributed by atoms with Gasteiger partial charge in [0.05, 0.1) is 5.75 Å². The lowest BCUT2D eigenvalue weighted by molar-refractivity contribution is 0.601. The highest BCUT2D eigenvalue weighted by molar-refractivity contribution is 7.90. The number of aromatic nitrogens is 3. The van der Waals surface area contributed by atoms with Gasteiger partial charge in [0, 0.05) is 19.8 Å². The maximum Gasteiger partial charge on any atom is 0.245 e. The average molecular weight is 285 g/mol. The fourth-order valence-corrected chi connectivity index (χ4v) is 1.88. The molecule has 1 aromatic rings. The third kappa shape index (κ3) is 4.07. The number of rotatable bonds is 4. The first-order chi connectivity index (χ1) is 7.29. The van der Waals surface area contributed by atoms with E-state index in [0.29, 0.717) is 5.82 Å². The van der Waals surface area contributed by atoms with E-state index >= 15 is 0 Å². The summed E-state index contributed by atoms with van der Waals surface area (Å²) in [5.74, 6) is 0.312. The summed E-state index contributed by atoms with van der Waals surface area (Å²) in [6.07, 6.45) is 1.16. The minimum Gasteiger partial charge on any atom is -0.356 e. The summed E-state index contributed by atoms with van der Waals surface area (Å²) in [5.41, 5.74) is 0. The van der Waals surface area contributed by atoms with Gasteiger partial charge in [-0.15, -0.1) is 10.2 Å². The van der Waals surface area contributed by atoms with Crippen LogP contribution in [-0.4, -0.2) is 49.2 Å². The summed E-state index contributed by atoms with van der Waals surface area (Å²) in [6, 6.07) is 0. The number of hydrogen-bond donors (Lipinski definition) is 0. The normalized spacial score (nSPS) is 11.5. The third-order valence-corrected chi connectivity index (χ3v) is 3.09. The van der Waals surface area contributed by atoms with Crippen LogP contribution in [0.4, 0.5) is 5.82 Å². The molecule has 0 unspecified atom stereocenters. The molecule has 1 aromatic heterocycles. The maximum absolute atomic E-state index is 11.0. The molecule has 6 nitrogen and oxygen atoms in total. The van der Waals surface area contributed by atoms with Crippen LogP contribution in [0.25, 0.3) is 0 Å². The Morgan fingerprint density at radius 2 is 1.94 bits per heavy atom. The summed E-state index contributed by atoms with van der Waals surface area (Å²) in [7, 11) is -1.38. The molecule has 0 N–H and O–H groups in total. The van der Waals surface area contributed by atoms with E-state index in [1.54, 1.807) is 11.9 Å². The van der Waals surface area contributed by atoms with Crippen molar-refractivity contribution in [3.8, 4) is 0 Å². The van der Waals surface area contributed by atoms with Crippen molar-refractivity contribution in [1.29, 1.82) is 0 Å². The highest BCUT2D eigenvalue weighted by Gasteiger charge is 2.13. The van der Waals surface area contributed by atoms with Crippen LogP contribution in [0.15, 0.2) is 0 Å². The van der Waals surface area contributed by atoms with Gasteiger partial charge in [0.1, 0.15) is 9.84 Å². The summed E-state index contributed by atoms with van der Waals surface area (Å²) in [6.45, 7) is 0.258. The minimum absolute atomic E-state index is 0.00144. The Bertz CT molecular complexity index is 479. The summed E-state index contributed by atoms with van der Waals surface area (Å²) < 4.78 is 22.0. The van der Waals surface area contributed by atoms with E-state index < -0.39 is 9.84 Å². The minimum atomic E-state index is -3.03. The van der Waals surface area contributed by atoms with Crippen LogP contribution in [0.3, 0.4) is 0 Å². The summed E-state index contributed by atoms with van der Waals surface area (Å²) in [5, 5.41) is 7.08. The zero-order valence-corrected chi connectivity index (χ0v) is 11.0. The van der Waals surface area contributed by atoms with E-state index in [1.165, 1.54) is 0 Å². The molecule has 16 heavy (non-hydrogen) atoms. The van der Waals surface area contributed by atoms with Crippen LogP contribution in [-0.2, 0) is 9.84 Å². The smallest absolute Gasteiger partial charge is 0.245 e. The van der Waals surface area contributed by atoms with Gasteiger partial charge in [-0.2, -0.15) is 4.98 Å². The Hall–Kier alpha value is -0.660. The molecule has 9 heteroatoms. The maximum atomic E-state index is 11.0. The van der Waals surface area contributed by atoms with Crippen molar-refractivity contribution in [2.24, 2.45) is 0 Å². The standard InChI is InChI=1S/C7H10Cl2N4O2S/c1-13(3-4-16(2,14)15)6-5(8)11-12-7(9)10-6/h3-4H2,1-2H3. The van der Waals surface area contributed by atoms with Gasteiger partial charge in [-0.3, -0.25) is 0 Å². The van der Waals surface area contributed by atoms with Crippen molar-refractivity contribution in [1.82, 2.24) is 15.2 Å². The molecule has 1 rings (SSSR count). The Kier molecular flexibility index (Phi) is 4.28. The van der Waals surface area contributed by atoms with Crippen molar-refractivity contribution in [2.75, 3.05) is 30.5 Å². The molecule has 0 saturated carbocycles. The largest absolute Gasteiger partial charge is 0.356 e. The van der Waals surface area contributed by atoms with Crippen LogP contribution < -0.4 is 4.90 Å². The van der Waals surface area contributed by atoms with Crippen molar-refractivity contribution in [3.63, 3.8) is 0 Å². The first-order valence-electron chi connectivity index (χ1n) is 4.24. The number of anilines is 1. The van der Waals surface area contributed by atoms with Crippen molar-refractivity contribution >= 4 is 38.9 Å². The van der Waals surface area contributed by atoms with Gasteiger partial charge in [0.15, 0.2) is 11.0 Å². The lowest BCUT2D eigenvalue weighted by atomic mass is 10.5. The molecule has 0 radical (unpaired) electrons. The molecule has 0 aliphatic rings. The Labute approximate surface area is 104 Å². The summed E-state index contributed by atoms with van der Waals surface area (Å²) in [4.78, 5) is 5.42. The number of sulfone groups is 1. The van der Waals surface area contributed by atoms with Crippen molar-refractivity contribution in [3.05, 3.63) is 10.4 Å². The molecule has 0 aliphatic heterocycles. The van der Waals surface area contributed by atoms with Gasteiger partial charge in [0.25, 0.3) is 0 Å². The molecule has 90 valence electrons. The SMILES string of the molecule is CN(CCS(C)(=O)=O)c1nc(Cl)nnc1Cl. The number of halogens is 2. The van der Waals surface area contributed by atoms with Crippen LogP contribution >= 0.6 is 23.2 Å². The molecule has 0 aromatic carbocycles. The lowest BCUT2D eigenvalue weighted by Gasteiger charge is -2.17. The molecule has 1 heterocycles. The van der Waals surface area contributed by atoms with Gasteiger partial charge in [0.2, 0.25) is 5.28 Å². The zero-order chi connectivity index (χ0) is 12.3. The molecule has 0 atom stereocenters. The predicted octanol–water partition coefficient (Wildman–Crippen LogP) is 0.659. The topological polar surface area (TPSA) is 76.1 Å². The van der Waals surface area contributed by atoms with E-state index in [1.807, 2.05) is 0 Å². The Morgan fingerprint density at radius 1 is 1.31 bits per heavy atom. The van der Waals surface area contributed by atoms with Crippen LogP contribution in [0.2, 0.25) is 10.4 Å². The molecule has 0 saturated heterocycles. The highest BCUT2D eigenvalue weighted by atomic mass is 35.5. The molecular weight excluding hydrogens is 275 g/mol. The molecule has 0 spiro atoms. The average Bonchev–Trinajstić information content (AvgIpc) is 2.17. The predicted molar refractivity (Wildman–Crippen MR) is 62.8 cm³/mol. The number of hydrogen-bond acceptors (Lipinski definition) is 6. The van der Waals surface area contributed by atoms with Gasteiger partial charge in [-0.25, -0.2) is 8.42 Å². The second kappa shape index (κ2) is 5.11. The van der Waals surface area contributed by atoms with Crippen LogP contribution in [0, 0.1) is 0 Å². The zero-order valence-electron chi connectivity index (χ0n) is 8.68. The second-order valence-corrected chi connectivity index (χ2v) is 6.20. The van der Waals surface area contributed by atoms with E-state index in [4.69, 9.17) is 23.2 Å².